The lowest BCUT2D eigenvalue weighted by atomic mass is 10.00. The van der Waals surface area contributed by atoms with Crippen molar-refractivity contribution in [2.24, 2.45) is 0 Å². The summed E-state index contributed by atoms with van der Waals surface area (Å²) in [5, 5.41) is 12.7. The number of fused-ring (bicyclic) bond motifs is 1. The number of likely N-dealkylation sites (N-methyl/N-ethyl adjacent to an activating group) is 1. The van der Waals surface area contributed by atoms with Crippen LogP contribution in [0, 0.1) is 0 Å². The van der Waals surface area contributed by atoms with Crippen molar-refractivity contribution < 1.29 is 14.6 Å². The molecule has 0 saturated carbocycles. The van der Waals surface area contributed by atoms with Gasteiger partial charge < -0.3 is 20.1 Å². The fraction of sp³-hybridized carbons (Fsp3) is 0.409. The molecule has 0 aliphatic carbocycles. The molecule has 0 aromatic heterocycles. The zero-order chi connectivity index (χ0) is 19.6. The summed E-state index contributed by atoms with van der Waals surface area (Å²) in [6, 6.07) is 14.3. The van der Waals surface area contributed by atoms with Crippen LogP contribution in [0.1, 0.15) is 31.9 Å². The first-order valence-corrected chi connectivity index (χ1v) is 9.31. The molecule has 0 saturated heterocycles. The first-order valence-electron chi connectivity index (χ1n) is 9.31. The van der Waals surface area contributed by atoms with Crippen LogP contribution in [0.3, 0.4) is 0 Å². The van der Waals surface area contributed by atoms with Gasteiger partial charge in [0.15, 0.2) is 0 Å². The van der Waals surface area contributed by atoms with Crippen LogP contribution in [0.25, 0.3) is 11.1 Å². The summed E-state index contributed by atoms with van der Waals surface area (Å²) in [5.74, 6) is 0.987. The summed E-state index contributed by atoms with van der Waals surface area (Å²) >= 11 is 0. The molecular formula is C22H28N2O3. The second kappa shape index (κ2) is 7.61. The van der Waals surface area contributed by atoms with Gasteiger partial charge in [-0.1, -0.05) is 30.3 Å². The van der Waals surface area contributed by atoms with Crippen molar-refractivity contribution in [1.29, 1.82) is 0 Å². The zero-order valence-corrected chi connectivity index (χ0v) is 16.5. The van der Waals surface area contributed by atoms with Crippen LogP contribution >= 0.6 is 0 Å². The normalized spacial score (nSPS) is 15.8. The Morgan fingerprint density at radius 3 is 2.56 bits per heavy atom. The van der Waals surface area contributed by atoms with Gasteiger partial charge in [0.2, 0.25) is 0 Å². The van der Waals surface area contributed by atoms with Crippen molar-refractivity contribution in [2.45, 2.75) is 45.4 Å². The third-order valence-electron chi connectivity index (χ3n) is 4.60. The lowest BCUT2D eigenvalue weighted by Gasteiger charge is -2.25. The maximum Gasteiger partial charge on any atom is 0.317 e. The van der Waals surface area contributed by atoms with Gasteiger partial charge in [0, 0.05) is 20.0 Å². The molecule has 2 N–H and O–H groups in total. The monoisotopic (exact) mass is 368 g/mol. The van der Waals surface area contributed by atoms with Crippen LogP contribution in [-0.2, 0) is 13.0 Å². The van der Waals surface area contributed by atoms with E-state index < -0.39 is 5.60 Å². The van der Waals surface area contributed by atoms with Crippen molar-refractivity contribution >= 4 is 6.03 Å². The van der Waals surface area contributed by atoms with Crippen LogP contribution in [0.4, 0.5) is 4.79 Å². The molecule has 3 rings (SSSR count). The smallest absolute Gasteiger partial charge is 0.317 e. The highest BCUT2D eigenvalue weighted by atomic mass is 16.5. The quantitative estimate of drug-likeness (QED) is 0.848. The Morgan fingerprint density at radius 2 is 1.89 bits per heavy atom. The Morgan fingerprint density at radius 1 is 1.22 bits per heavy atom. The van der Waals surface area contributed by atoms with E-state index in [-0.39, 0.29) is 18.7 Å². The van der Waals surface area contributed by atoms with Gasteiger partial charge >= 0.3 is 6.03 Å². The summed E-state index contributed by atoms with van der Waals surface area (Å²) in [5.41, 5.74) is 3.69. The third kappa shape index (κ3) is 5.01. The van der Waals surface area contributed by atoms with E-state index in [9.17, 15) is 9.90 Å². The lowest BCUT2D eigenvalue weighted by Crippen LogP contribution is -2.44. The molecule has 0 radical (unpaired) electrons. The molecule has 1 unspecified atom stereocenters. The molecular weight excluding hydrogens is 340 g/mol. The Balaban J connectivity index is 1.60. The number of hydrogen-bond donors (Lipinski definition) is 2. The number of nitrogens with zero attached hydrogens (tertiary/aromatic N) is 1. The van der Waals surface area contributed by atoms with E-state index in [1.165, 1.54) is 16.0 Å². The minimum absolute atomic E-state index is 0.200. The number of aliphatic hydroxyl groups is 1. The molecule has 0 spiro atoms. The van der Waals surface area contributed by atoms with Gasteiger partial charge in [-0.25, -0.2) is 4.79 Å². The number of amides is 2. The SMILES string of the molecule is CC1Cc2cc(-c3ccc(CNC(=O)N(C)CC(C)(C)O)cc3)ccc2O1. The molecule has 144 valence electrons. The highest BCUT2D eigenvalue weighted by molar-refractivity contribution is 5.74. The zero-order valence-electron chi connectivity index (χ0n) is 16.5. The van der Waals surface area contributed by atoms with E-state index in [1.54, 1.807) is 20.9 Å². The van der Waals surface area contributed by atoms with Crippen LogP contribution < -0.4 is 10.1 Å². The number of carbonyl (C=O) groups is 1. The molecule has 1 heterocycles. The van der Waals surface area contributed by atoms with E-state index in [2.05, 4.69) is 36.5 Å². The van der Waals surface area contributed by atoms with E-state index in [0.717, 1.165) is 23.3 Å². The molecule has 1 aliphatic heterocycles. The molecule has 27 heavy (non-hydrogen) atoms. The maximum atomic E-state index is 12.1. The predicted molar refractivity (Wildman–Crippen MR) is 107 cm³/mol. The predicted octanol–water partition coefficient (Wildman–Crippen LogP) is 3.59. The molecule has 5 heteroatoms. The van der Waals surface area contributed by atoms with E-state index >= 15 is 0 Å². The van der Waals surface area contributed by atoms with Gasteiger partial charge in [-0.3, -0.25) is 0 Å². The first-order chi connectivity index (χ1) is 12.7. The van der Waals surface area contributed by atoms with Crippen LogP contribution in [0.5, 0.6) is 5.75 Å². The average Bonchev–Trinajstić information content (AvgIpc) is 2.97. The fourth-order valence-corrected chi connectivity index (χ4v) is 3.38. The molecule has 2 amide bonds. The van der Waals surface area contributed by atoms with Crippen molar-refractivity contribution in [3.05, 3.63) is 53.6 Å². The van der Waals surface area contributed by atoms with E-state index in [0.29, 0.717) is 6.54 Å². The number of benzene rings is 2. The topological polar surface area (TPSA) is 61.8 Å². The highest BCUT2D eigenvalue weighted by Crippen LogP contribution is 2.32. The molecule has 1 aliphatic rings. The third-order valence-corrected chi connectivity index (χ3v) is 4.60. The van der Waals surface area contributed by atoms with Crippen LogP contribution in [0.2, 0.25) is 0 Å². The average molecular weight is 368 g/mol. The van der Waals surface area contributed by atoms with E-state index in [4.69, 9.17) is 4.74 Å². The van der Waals surface area contributed by atoms with Gasteiger partial charge in [0.1, 0.15) is 11.9 Å². The molecule has 2 aromatic carbocycles. The first kappa shape index (κ1) is 19.2. The van der Waals surface area contributed by atoms with Crippen molar-refractivity contribution in [1.82, 2.24) is 10.2 Å². The number of carbonyl (C=O) groups excluding carboxylic acids is 1. The summed E-state index contributed by atoms with van der Waals surface area (Å²) in [6.45, 7) is 6.17. The summed E-state index contributed by atoms with van der Waals surface area (Å²) in [4.78, 5) is 13.6. The minimum atomic E-state index is -0.910. The second-order valence-electron chi connectivity index (χ2n) is 7.98. The van der Waals surface area contributed by atoms with Gasteiger partial charge in [0.05, 0.1) is 12.1 Å². The summed E-state index contributed by atoms with van der Waals surface area (Å²) in [7, 11) is 1.68. The maximum absolute atomic E-state index is 12.1. The fourth-order valence-electron chi connectivity index (χ4n) is 3.38. The standard InChI is InChI=1S/C22H28N2O3/c1-15-11-19-12-18(9-10-20(19)27-15)17-7-5-16(6-8-17)13-23-21(25)24(4)14-22(2,3)26/h5-10,12,15,26H,11,13-14H2,1-4H3,(H,23,25). The number of urea groups is 1. The van der Waals surface area contributed by atoms with Crippen molar-refractivity contribution in [2.75, 3.05) is 13.6 Å². The molecule has 1 atom stereocenters. The second-order valence-corrected chi connectivity index (χ2v) is 7.98. The number of hydrogen-bond acceptors (Lipinski definition) is 3. The van der Waals surface area contributed by atoms with Crippen LogP contribution in [-0.4, -0.2) is 41.3 Å². The van der Waals surface area contributed by atoms with Crippen molar-refractivity contribution in [3.63, 3.8) is 0 Å². The van der Waals surface area contributed by atoms with E-state index in [1.807, 2.05) is 18.2 Å². The Kier molecular flexibility index (Phi) is 5.42. The van der Waals surface area contributed by atoms with Gasteiger partial charge in [0.25, 0.3) is 0 Å². The van der Waals surface area contributed by atoms with Crippen LogP contribution in [0.15, 0.2) is 42.5 Å². The number of ether oxygens (including phenoxy) is 1. The molecule has 0 fully saturated rings. The largest absolute Gasteiger partial charge is 0.490 e. The number of rotatable bonds is 5. The highest BCUT2D eigenvalue weighted by Gasteiger charge is 2.20. The Hall–Kier alpha value is -2.53. The lowest BCUT2D eigenvalue weighted by molar-refractivity contribution is 0.0531. The Bertz CT molecular complexity index is 809. The summed E-state index contributed by atoms with van der Waals surface area (Å²) in [6.07, 6.45) is 1.20. The van der Waals surface area contributed by atoms with Gasteiger partial charge in [-0.2, -0.15) is 0 Å². The molecule has 5 nitrogen and oxygen atoms in total. The van der Waals surface area contributed by atoms with Crippen molar-refractivity contribution in [3.8, 4) is 16.9 Å². The minimum Gasteiger partial charge on any atom is -0.490 e. The van der Waals surface area contributed by atoms with Gasteiger partial charge in [-0.15, -0.1) is 0 Å². The number of nitrogens with one attached hydrogen (secondary N) is 1. The summed E-state index contributed by atoms with van der Waals surface area (Å²) < 4.78 is 5.76. The Labute approximate surface area is 161 Å². The molecule has 0 bridgehead atoms. The molecule has 2 aromatic rings. The van der Waals surface area contributed by atoms with Gasteiger partial charge in [-0.05, 0) is 55.2 Å².